The van der Waals surface area contributed by atoms with Crippen LogP contribution in [0.15, 0.2) is 24.5 Å². The Bertz CT molecular complexity index is 540. The summed E-state index contributed by atoms with van der Waals surface area (Å²) in [7, 11) is 0. The van der Waals surface area contributed by atoms with Crippen LogP contribution in [-0.4, -0.2) is 19.6 Å². The van der Waals surface area contributed by atoms with Crippen LogP contribution < -0.4 is 5.32 Å². The van der Waals surface area contributed by atoms with Crippen molar-refractivity contribution in [1.29, 1.82) is 0 Å². The SMILES string of the molecule is CCC(C)n1nccc1CNCc1ccn(C(F)F)n1.Cl. The predicted molar refractivity (Wildman–Crippen MR) is 78.5 cm³/mol. The molecule has 2 aromatic heterocycles. The van der Waals surface area contributed by atoms with Crippen LogP contribution in [0.5, 0.6) is 0 Å². The average Bonchev–Trinajstić information content (AvgIpc) is 3.07. The summed E-state index contributed by atoms with van der Waals surface area (Å²) in [6, 6.07) is 3.89. The van der Waals surface area contributed by atoms with E-state index >= 15 is 0 Å². The number of rotatable bonds is 7. The topological polar surface area (TPSA) is 47.7 Å². The summed E-state index contributed by atoms with van der Waals surface area (Å²) in [4.78, 5) is 0. The van der Waals surface area contributed by atoms with E-state index in [0.717, 1.165) is 12.1 Å². The van der Waals surface area contributed by atoms with Gasteiger partial charge in [-0.2, -0.15) is 19.0 Å². The van der Waals surface area contributed by atoms with E-state index in [4.69, 9.17) is 0 Å². The Morgan fingerprint density at radius 1 is 1.29 bits per heavy atom. The molecule has 5 nitrogen and oxygen atoms in total. The number of nitrogens with zero attached hydrogens (tertiary/aromatic N) is 4. The lowest BCUT2D eigenvalue weighted by molar-refractivity contribution is 0.0561. The van der Waals surface area contributed by atoms with Crippen LogP contribution in [0, 0.1) is 0 Å². The minimum atomic E-state index is -2.59. The van der Waals surface area contributed by atoms with Crippen molar-refractivity contribution in [3.05, 3.63) is 35.9 Å². The highest BCUT2D eigenvalue weighted by atomic mass is 35.5. The molecule has 2 heterocycles. The Morgan fingerprint density at radius 2 is 2.05 bits per heavy atom. The van der Waals surface area contributed by atoms with Crippen LogP contribution in [0.3, 0.4) is 0 Å². The van der Waals surface area contributed by atoms with Gasteiger partial charge in [0.2, 0.25) is 0 Å². The molecular weight excluding hydrogens is 300 g/mol. The van der Waals surface area contributed by atoms with Crippen molar-refractivity contribution in [3.8, 4) is 0 Å². The van der Waals surface area contributed by atoms with Gasteiger partial charge in [0, 0.05) is 31.5 Å². The maximum absolute atomic E-state index is 12.4. The largest absolute Gasteiger partial charge is 0.333 e. The fraction of sp³-hybridized carbons (Fsp3) is 0.538. The molecule has 0 aliphatic heterocycles. The molecule has 0 amide bonds. The lowest BCUT2D eigenvalue weighted by Crippen LogP contribution is -2.18. The van der Waals surface area contributed by atoms with Gasteiger partial charge in [0.15, 0.2) is 0 Å². The maximum atomic E-state index is 12.4. The Morgan fingerprint density at radius 3 is 2.67 bits per heavy atom. The highest BCUT2D eigenvalue weighted by Crippen LogP contribution is 2.12. The molecule has 0 spiro atoms. The molecule has 0 aromatic carbocycles. The van der Waals surface area contributed by atoms with Crippen LogP contribution in [0.1, 0.15) is 44.2 Å². The summed E-state index contributed by atoms with van der Waals surface area (Å²) in [6.07, 6.45) is 4.06. The summed E-state index contributed by atoms with van der Waals surface area (Å²) >= 11 is 0. The van der Waals surface area contributed by atoms with E-state index in [-0.39, 0.29) is 12.4 Å². The van der Waals surface area contributed by atoms with Crippen molar-refractivity contribution >= 4 is 12.4 Å². The van der Waals surface area contributed by atoms with E-state index in [0.29, 0.717) is 29.5 Å². The van der Waals surface area contributed by atoms with E-state index in [2.05, 4.69) is 29.4 Å². The van der Waals surface area contributed by atoms with Gasteiger partial charge >= 0.3 is 6.55 Å². The zero-order valence-electron chi connectivity index (χ0n) is 12.0. The minimum absolute atomic E-state index is 0. The average molecular weight is 320 g/mol. The number of alkyl halides is 2. The van der Waals surface area contributed by atoms with Crippen molar-refractivity contribution in [3.63, 3.8) is 0 Å². The molecule has 1 atom stereocenters. The molecule has 118 valence electrons. The van der Waals surface area contributed by atoms with Gasteiger partial charge in [0.1, 0.15) is 0 Å². The van der Waals surface area contributed by atoms with Gasteiger partial charge in [0.05, 0.1) is 11.4 Å². The Labute approximate surface area is 128 Å². The van der Waals surface area contributed by atoms with Crippen LogP contribution in [0.2, 0.25) is 0 Å². The van der Waals surface area contributed by atoms with E-state index in [1.807, 2.05) is 10.7 Å². The smallest absolute Gasteiger partial charge is 0.305 e. The third kappa shape index (κ3) is 4.50. The lowest BCUT2D eigenvalue weighted by atomic mass is 10.2. The highest BCUT2D eigenvalue weighted by molar-refractivity contribution is 5.85. The molecule has 0 saturated heterocycles. The molecule has 0 aliphatic rings. The second-order valence-corrected chi connectivity index (χ2v) is 4.69. The van der Waals surface area contributed by atoms with E-state index in [1.165, 1.54) is 6.20 Å². The van der Waals surface area contributed by atoms with Gasteiger partial charge in [-0.3, -0.25) is 4.68 Å². The van der Waals surface area contributed by atoms with Gasteiger partial charge in [-0.05, 0) is 25.5 Å². The maximum Gasteiger partial charge on any atom is 0.333 e. The molecule has 2 rings (SSSR count). The first kappa shape index (κ1) is 17.6. The molecule has 1 N–H and O–H groups in total. The van der Waals surface area contributed by atoms with Gasteiger partial charge < -0.3 is 5.32 Å². The van der Waals surface area contributed by atoms with Crippen LogP contribution in [0.25, 0.3) is 0 Å². The zero-order chi connectivity index (χ0) is 14.5. The summed E-state index contributed by atoms with van der Waals surface area (Å²) in [6.45, 7) is 2.72. The third-order valence-corrected chi connectivity index (χ3v) is 3.24. The third-order valence-electron chi connectivity index (χ3n) is 3.24. The van der Waals surface area contributed by atoms with Crippen molar-refractivity contribution in [2.45, 2.75) is 45.9 Å². The molecule has 0 radical (unpaired) electrons. The molecule has 8 heteroatoms. The van der Waals surface area contributed by atoms with Crippen LogP contribution >= 0.6 is 12.4 Å². The standard InChI is InChI=1S/C13H19F2N5.ClH/c1-3-10(2)20-12(4-6-17-20)9-16-8-11-5-7-19(18-11)13(14)15;/h4-7,10,13,16H,3,8-9H2,1-2H3;1H. The van der Waals surface area contributed by atoms with Gasteiger partial charge in [0.25, 0.3) is 0 Å². The Kier molecular flexibility index (Phi) is 6.77. The van der Waals surface area contributed by atoms with E-state index in [1.54, 1.807) is 12.3 Å². The molecule has 0 bridgehead atoms. The minimum Gasteiger partial charge on any atom is -0.305 e. The van der Waals surface area contributed by atoms with E-state index < -0.39 is 6.55 Å². The highest BCUT2D eigenvalue weighted by Gasteiger charge is 2.09. The number of aromatic nitrogens is 4. The summed E-state index contributed by atoms with van der Waals surface area (Å²) in [5, 5.41) is 11.3. The van der Waals surface area contributed by atoms with Crippen LogP contribution in [-0.2, 0) is 13.1 Å². The number of halogens is 3. The normalized spacial score (nSPS) is 12.4. The first-order chi connectivity index (χ1) is 9.61. The molecule has 0 aliphatic carbocycles. The first-order valence-electron chi connectivity index (χ1n) is 6.67. The number of nitrogens with one attached hydrogen (secondary N) is 1. The van der Waals surface area contributed by atoms with Gasteiger partial charge in [-0.15, -0.1) is 12.4 Å². The number of hydrogen-bond acceptors (Lipinski definition) is 3. The predicted octanol–water partition coefficient (Wildman–Crippen LogP) is 3.16. The number of hydrogen-bond donors (Lipinski definition) is 1. The molecular formula is C13H20ClF2N5. The Balaban J connectivity index is 0.00000220. The first-order valence-corrected chi connectivity index (χ1v) is 6.67. The van der Waals surface area contributed by atoms with Crippen molar-refractivity contribution in [2.24, 2.45) is 0 Å². The fourth-order valence-electron chi connectivity index (χ4n) is 1.95. The molecule has 0 saturated carbocycles. The van der Waals surface area contributed by atoms with Gasteiger partial charge in [-0.1, -0.05) is 6.92 Å². The van der Waals surface area contributed by atoms with Gasteiger partial charge in [-0.25, -0.2) is 4.68 Å². The van der Waals surface area contributed by atoms with E-state index in [9.17, 15) is 8.78 Å². The van der Waals surface area contributed by atoms with Crippen molar-refractivity contribution in [2.75, 3.05) is 0 Å². The summed E-state index contributed by atoms with van der Waals surface area (Å²) < 4.78 is 27.4. The quantitative estimate of drug-likeness (QED) is 0.852. The second kappa shape index (κ2) is 8.09. The molecule has 21 heavy (non-hydrogen) atoms. The second-order valence-electron chi connectivity index (χ2n) is 4.69. The zero-order valence-corrected chi connectivity index (χ0v) is 12.9. The van der Waals surface area contributed by atoms with Crippen LogP contribution in [0.4, 0.5) is 8.78 Å². The fourth-order valence-corrected chi connectivity index (χ4v) is 1.95. The summed E-state index contributed by atoms with van der Waals surface area (Å²) in [5.41, 5.74) is 1.67. The lowest BCUT2D eigenvalue weighted by Gasteiger charge is -2.13. The molecule has 0 fully saturated rings. The molecule has 1 unspecified atom stereocenters. The Hall–Kier alpha value is -1.47. The molecule has 2 aromatic rings. The summed E-state index contributed by atoms with van der Waals surface area (Å²) in [5.74, 6) is 0. The van der Waals surface area contributed by atoms with Crippen molar-refractivity contribution < 1.29 is 8.78 Å². The monoisotopic (exact) mass is 319 g/mol. The van der Waals surface area contributed by atoms with Crippen molar-refractivity contribution in [1.82, 2.24) is 24.9 Å².